The summed E-state index contributed by atoms with van der Waals surface area (Å²) in [6, 6.07) is 6.20. The van der Waals surface area contributed by atoms with Crippen molar-refractivity contribution in [1.82, 2.24) is 14.3 Å². The average molecular weight is 588 g/mol. The highest BCUT2D eigenvalue weighted by Crippen LogP contribution is 2.58. The second kappa shape index (κ2) is 9.53. The summed E-state index contributed by atoms with van der Waals surface area (Å²) in [4.78, 5) is 44.5. The zero-order valence-corrected chi connectivity index (χ0v) is 24.1. The Morgan fingerprint density at radius 2 is 1.85 bits per heavy atom. The molecule has 0 radical (unpaired) electrons. The number of hydrogen-bond donors (Lipinski definition) is 2. The Balaban J connectivity index is 1.59. The fraction of sp³-hybridized carbons (Fsp3) is 0.407. The Morgan fingerprint density at radius 1 is 1.20 bits per heavy atom. The summed E-state index contributed by atoms with van der Waals surface area (Å²) < 4.78 is 31.8. The number of thiazole rings is 1. The summed E-state index contributed by atoms with van der Waals surface area (Å²) >= 11 is 1.01. The molecule has 13 heteroatoms. The molecule has 1 saturated heterocycles. The van der Waals surface area contributed by atoms with Crippen molar-refractivity contribution in [2.45, 2.75) is 50.8 Å². The van der Waals surface area contributed by atoms with Crippen LogP contribution in [0.3, 0.4) is 0 Å². The van der Waals surface area contributed by atoms with Crippen LogP contribution >= 0.6 is 11.3 Å². The Hall–Kier alpha value is -3.55. The molecule has 2 aliphatic heterocycles. The number of benzene rings is 1. The molecule has 11 nitrogen and oxygen atoms in total. The van der Waals surface area contributed by atoms with Gasteiger partial charge in [0.2, 0.25) is 5.91 Å². The second-order valence-corrected chi connectivity index (χ2v) is 13.8. The maximum atomic E-state index is 13.1. The van der Waals surface area contributed by atoms with E-state index in [0.717, 1.165) is 28.1 Å². The predicted octanol–water partition coefficient (Wildman–Crippen LogP) is 2.80. The van der Waals surface area contributed by atoms with E-state index in [1.807, 2.05) is 26.0 Å². The number of aromatic nitrogens is 2. The van der Waals surface area contributed by atoms with Crippen LogP contribution in [0.25, 0.3) is 10.4 Å². The molecule has 0 aliphatic carbocycles. The molecule has 2 N–H and O–H groups in total. The normalized spacial score (nSPS) is 23.5. The van der Waals surface area contributed by atoms with Crippen molar-refractivity contribution >= 4 is 49.4 Å². The highest BCUT2D eigenvalue weighted by molar-refractivity contribution is 7.91. The van der Waals surface area contributed by atoms with E-state index in [9.17, 15) is 33.0 Å². The number of aliphatic hydroxyl groups is 1. The number of aliphatic carboxylic acids is 1. The van der Waals surface area contributed by atoms with Gasteiger partial charge in [0.25, 0.3) is 0 Å². The minimum absolute atomic E-state index is 0.154. The quantitative estimate of drug-likeness (QED) is 0.299. The monoisotopic (exact) mass is 587 g/mol. The van der Waals surface area contributed by atoms with Gasteiger partial charge in [0, 0.05) is 18.0 Å². The number of sulfone groups is 1. The van der Waals surface area contributed by atoms with Crippen LogP contribution in [0.15, 0.2) is 47.5 Å². The number of imidazole rings is 1. The standard InChI is InChI=1S/C27H29N3O8S2/c1-13(2)15-6-8-16(9-7-15)26(35)38-11-27(4)19(17-10-29-12-28-22(24(29)39-17)40(5,36)37)20(25(33)34)30-21(27)18(14(3)31)23(30)32/h6-10,12-14,18,21,31H,11H2,1-5H3,(H,33,34)/t14-,18-,21-,27+/m1/s1. The van der Waals surface area contributed by atoms with Crippen LogP contribution in [0.1, 0.15) is 54.4 Å². The number of nitrogens with zero attached hydrogens (tertiary/aromatic N) is 3. The summed E-state index contributed by atoms with van der Waals surface area (Å²) in [5.41, 5.74) is 0.0647. The average Bonchev–Trinajstić information content (AvgIpc) is 3.50. The molecule has 1 amide bonds. The zero-order chi connectivity index (χ0) is 29.3. The molecule has 5 rings (SSSR count). The van der Waals surface area contributed by atoms with Gasteiger partial charge in [-0.2, -0.15) is 0 Å². The van der Waals surface area contributed by atoms with Crippen molar-refractivity contribution < 1.29 is 37.8 Å². The van der Waals surface area contributed by atoms with Crippen molar-refractivity contribution in [3.63, 3.8) is 0 Å². The van der Waals surface area contributed by atoms with Crippen LogP contribution in [0.2, 0.25) is 0 Å². The molecule has 0 saturated carbocycles. The summed E-state index contributed by atoms with van der Waals surface area (Å²) in [7, 11) is -3.67. The van der Waals surface area contributed by atoms with Crippen molar-refractivity contribution in [1.29, 1.82) is 0 Å². The van der Waals surface area contributed by atoms with E-state index in [-0.39, 0.29) is 33.7 Å². The van der Waals surface area contributed by atoms with Crippen LogP contribution < -0.4 is 0 Å². The fourth-order valence-electron chi connectivity index (χ4n) is 5.67. The predicted molar refractivity (Wildman–Crippen MR) is 145 cm³/mol. The number of β-lactam (4-membered cyclic amide) rings is 1. The van der Waals surface area contributed by atoms with Gasteiger partial charge in [-0.1, -0.05) is 32.9 Å². The summed E-state index contributed by atoms with van der Waals surface area (Å²) in [5.74, 6) is -3.17. The molecule has 4 heterocycles. The fourth-order valence-corrected chi connectivity index (χ4v) is 8.06. The van der Waals surface area contributed by atoms with Gasteiger partial charge in [0.05, 0.1) is 33.9 Å². The van der Waals surface area contributed by atoms with Gasteiger partial charge in [0.1, 0.15) is 23.5 Å². The molecule has 0 spiro atoms. The molecular formula is C27H29N3O8S2. The number of carboxylic acids is 1. The molecule has 212 valence electrons. The highest BCUT2D eigenvalue weighted by Gasteiger charge is 2.67. The largest absolute Gasteiger partial charge is 0.477 e. The van der Waals surface area contributed by atoms with Gasteiger partial charge in [-0.15, -0.1) is 11.3 Å². The third kappa shape index (κ3) is 4.23. The maximum Gasteiger partial charge on any atom is 0.352 e. The van der Waals surface area contributed by atoms with Crippen LogP contribution in [0.4, 0.5) is 0 Å². The van der Waals surface area contributed by atoms with E-state index in [0.29, 0.717) is 10.4 Å². The molecular weight excluding hydrogens is 558 g/mol. The van der Waals surface area contributed by atoms with Gasteiger partial charge in [0.15, 0.2) is 14.9 Å². The number of amides is 1. The van der Waals surface area contributed by atoms with Crippen LogP contribution in [0, 0.1) is 11.3 Å². The molecule has 2 aromatic heterocycles. The lowest BCUT2D eigenvalue weighted by atomic mass is 9.67. The van der Waals surface area contributed by atoms with Gasteiger partial charge >= 0.3 is 11.9 Å². The number of hydrogen-bond acceptors (Lipinski definition) is 9. The smallest absolute Gasteiger partial charge is 0.352 e. The summed E-state index contributed by atoms with van der Waals surface area (Å²) in [6.07, 6.45) is 2.82. The molecule has 1 fully saturated rings. The van der Waals surface area contributed by atoms with E-state index in [1.54, 1.807) is 25.3 Å². The summed E-state index contributed by atoms with van der Waals surface area (Å²) in [5, 5.41) is 20.5. The number of fused-ring (bicyclic) bond motifs is 2. The highest BCUT2D eigenvalue weighted by atomic mass is 32.2. The third-order valence-electron chi connectivity index (χ3n) is 7.66. The Kier molecular flexibility index (Phi) is 6.67. The number of aliphatic hydroxyl groups excluding tert-OH is 1. The van der Waals surface area contributed by atoms with E-state index in [1.165, 1.54) is 17.7 Å². The first-order chi connectivity index (χ1) is 18.7. The van der Waals surface area contributed by atoms with Crippen LogP contribution in [-0.4, -0.2) is 75.8 Å². The van der Waals surface area contributed by atoms with Gasteiger partial charge in [-0.25, -0.2) is 23.0 Å². The van der Waals surface area contributed by atoms with E-state index >= 15 is 0 Å². The molecule has 0 bridgehead atoms. The Bertz CT molecular complexity index is 1680. The SMILES string of the molecule is CC(C)c1ccc(C(=O)OC[C@@]2(C)C(c3cn4cnc(S(C)(=O)=O)c4s3)=C(C(=O)O)N3C(=O)[C@H]([C@@H](C)O)[C@@H]32)cc1. The molecule has 4 atom stereocenters. The second-order valence-electron chi connectivity index (χ2n) is 10.8. The first-order valence-electron chi connectivity index (χ1n) is 12.6. The van der Waals surface area contributed by atoms with E-state index < -0.39 is 51.2 Å². The first kappa shape index (κ1) is 28.0. The molecule has 2 aliphatic rings. The number of carbonyl (C=O) groups is 3. The van der Waals surface area contributed by atoms with Crippen LogP contribution in [0.5, 0.6) is 0 Å². The minimum Gasteiger partial charge on any atom is -0.477 e. The third-order valence-corrected chi connectivity index (χ3v) is 9.92. The maximum absolute atomic E-state index is 13.1. The minimum atomic E-state index is -3.67. The van der Waals surface area contributed by atoms with Gasteiger partial charge in [-0.3, -0.25) is 9.20 Å². The molecule has 40 heavy (non-hydrogen) atoms. The lowest BCUT2D eigenvalue weighted by Gasteiger charge is -2.50. The molecule has 3 aromatic rings. The summed E-state index contributed by atoms with van der Waals surface area (Å²) in [6.45, 7) is 6.94. The number of carboxylic acid groups (broad SMARTS) is 1. The van der Waals surface area contributed by atoms with Crippen LogP contribution in [-0.2, 0) is 24.2 Å². The number of carbonyl (C=O) groups excluding carboxylic acids is 2. The van der Waals surface area contributed by atoms with Crippen molar-refractivity contribution in [3.8, 4) is 0 Å². The zero-order valence-electron chi connectivity index (χ0n) is 22.5. The van der Waals surface area contributed by atoms with Crippen molar-refractivity contribution in [2.75, 3.05) is 12.9 Å². The lowest BCUT2D eigenvalue weighted by molar-refractivity contribution is -0.167. The Labute approximate surface area is 234 Å². The van der Waals surface area contributed by atoms with Gasteiger partial charge < -0.3 is 19.8 Å². The number of ether oxygens (including phenoxy) is 1. The number of rotatable bonds is 8. The van der Waals surface area contributed by atoms with Crippen molar-refractivity contribution in [3.05, 3.63) is 58.5 Å². The van der Waals surface area contributed by atoms with Crippen molar-refractivity contribution in [2.24, 2.45) is 11.3 Å². The lowest BCUT2D eigenvalue weighted by Crippen LogP contribution is -2.66. The first-order valence-corrected chi connectivity index (χ1v) is 15.3. The number of esters is 1. The molecule has 1 aromatic carbocycles. The topological polar surface area (TPSA) is 156 Å². The Morgan fingerprint density at radius 3 is 2.40 bits per heavy atom. The van der Waals surface area contributed by atoms with E-state index in [4.69, 9.17) is 4.74 Å². The molecule has 0 unspecified atom stereocenters. The van der Waals surface area contributed by atoms with E-state index in [2.05, 4.69) is 4.98 Å². The van der Waals surface area contributed by atoms with Gasteiger partial charge in [-0.05, 0) is 30.5 Å².